The third-order valence-electron chi connectivity index (χ3n) is 0.270. The van der Waals surface area contributed by atoms with E-state index in [4.69, 9.17) is 6.58 Å². The van der Waals surface area contributed by atoms with Gasteiger partial charge in [-0.05, 0) is 0 Å². The Morgan fingerprint density at radius 1 is 1.67 bits per heavy atom. The molecule has 0 amide bonds. The molecule has 0 aromatic heterocycles. The molecule has 0 N–H and O–H groups in total. The summed E-state index contributed by atoms with van der Waals surface area (Å²) in [6.07, 6.45) is 4.99. The standard InChI is InChI=1S/C5H4.Re/c1-3-5-4-2;/h1,3-5H;/q-1;/b5-4-;. The van der Waals surface area contributed by atoms with Crippen molar-refractivity contribution < 1.29 is 18.5 Å². The summed E-state index contributed by atoms with van der Waals surface area (Å²) in [7, 11) is 0. The fourth-order valence-electron chi connectivity index (χ4n) is 0.0919. The van der Waals surface area contributed by atoms with Crippen molar-refractivity contribution in [2.45, 2.75) is 0 Å². The third-order valence-corrected chi connectivity index (χ3v) is 0.723. The fourth-order valence-corrected chi connectivity index (χ4v) is 0.353. The molecule has 0 aliphatic heterocycles. The van der Waals surface area contributed by atoms with E-state index in [1.165, 1.54) is 24.6 Å². The van der Waals surface area contributed by atoms with Gasteiger partial charge in [0, 0.05) is 0 Å². The molecule has 32 valence electrons. The van der Waals surface area contributed by atoms with Gasteiger partial charge in [-0.15, -0.1) is 0 Å². The Morgan fingerprint density at radius 2 is 2.33 bits per heavy atom. The SMILES string of the molecule is [CH-]=C/C=C\[C]#[Re]. The molecule has 0 spiro atoms. The van der Waals surface area contributed by atoms with Crippen molar-refractivity contribution in [1.29, 1.82) is 0 Å². The van der Waals surface area contributed by atoms with E-state index in [-0.39, 0.29) is 0 Å². The number of allylic oxidation sites excluding steroid dienone is 3. The zero-order valence-electron chi connectivity index (χ0n) is 3.19. The molecule has 0 saturated carbocycles. The van der Waals surface area contributed by atoms with Crippen LogP contribution in [0.3, 0.4) is 0 Å². The molecule has 1 heteroatoms. The molecular weight excluding hydrogens is 246 g/mol. The molecule has 0 rings (SSSR count). The predicted octanol–water partition coefficient (Wildman–Crippen LogP) is 1.04. The van der Waals surface area contributed by atoms with Crippen LogP contribution in [0.15, 0.2) is 18.2 Å². The molecule has 6 heavy (non-hydrogen) atoms. The average Bonchev–Trinajstić information content (AvgIpc) is 1.61. The van der Waals surface area contributed by atoms with Gasteiger partial charge >= 0.3 is 47.6 Å². The van der Waals surface area contributed by atoms with Gasteiger partial charge in [0.1, 0.15) is 0 Å². The fraction of sp³-hybridized carbons (Fsp3) is 0. The summed E-state index contributed by atoms with van der Waals surface area (Å²) in [4.78, 5) is 0. The van der Waals surface area contributed by atoms with E-state index in [0.29, 0.717) is 0 Å². The topological polar surface area (TPSA) is 0 Å². The van der Waals surface area contributed by atoms with Gasteiger partial charge in [-0.2, -0.15) is 0 Å². The maximum absolute atomic E-state index is 4.97. The van der Waals surface area contributed by atoms with Crippen LogP contribution >= 0.6 is 0 Å². The molecule has 0 unspecified atom stereocenters. The van der Waals surface area contributed by atoms with Crippen LogP contribution in [-0.2, 0) is 18.5 Å². The summed E-state index contributed by atoms with van der Waals surface area (Å²) in [5.74, 6) is 0. The van der Waals surface area contributed by atoms with Crippen molar-refractivity contribution in [1.82, 2.24) is 0 Å². The van der Waals surface area contributed by atoms with E-state index in [9.17, 15) is 0 Å². The van der Waals surface area contributed by atoms with Crippen LogP contribution in [0.4, 0.5) is 0 Å². The minimum absolute atomic E-state index is 1.48. The normalized spacial score (nSPS) is 8.00. The first-order chi connectivity index (χ1) is 2.91. The molecule has 0 aliphatic rings. The van der Waals surface area contributed by atoms with Gasteiger partial charge in [-0.3, -0.25) is 0 Å². The van der Waals surface area contributed by atoms with Crippen molar-refractivity contribution >= 4 is 0 Å². The van der Waals surface area contributed by atoms with Crippen LogP contribution in [-0.4, -0.2) is 0 Å². The monoisotopic (exact) mass is 251 g/mol. The molecule has 0 aromatic carbocycles. The third kappa shape index (κ3) is 3.92. The van der Waals surface area contributed by atoms with Gasteiger partial charge in [0.25, 0.3) is 0 Å². The van der Waals surface area contributed by atoms with E-state index in [2.05, 4.69) is 4.29 Å². The zero-order chi connectivity index (χ0) is 4.83. The molecule has 0 bridgehead atoms. The first-order valence-corrected chi connectivity index (χ1v) is 2.84. The van der Waals surface area contributed by atoms with Crippen LogP contribution in [0.25, 0.3) is 0 Å². The van der Waals surface area contributed by atoms with Crippen molar-refractivity contribution in [2.75, 3.05) is 0 Å². The van der Waals surface area contributed by atoms with Crippen molar-refractivity contribution in [3.63, 3.8) is 0 Å². The predicted molar refractivity (Wildman–Crippen MR) is 21.9 cm³/mol. The number of hydrogen-bond acceptors (Lipinski definition) is 0. The first kappa shape index (κ1) is 5.92. The molecular formula is C5H4Re-. The molecule has 0 aromatic rings. The van der Waals surface area contributed by atoms with Gasteiger partial charge in [0.15, 0.2) is 0 Å². The molecule has 0 atom stereocenters. The van der Waals surface area contributed by atoms with Gasteiger partial charge in [-0.1, -0.05) is 0 Å². The Bertz CT molecular complexity index is 95.0. The summed E-state index contributed by atoms with van der Waals surface area (Å²) < 4.78 is 2.83. The second kappa shape index (κ2) is 4.92. The molecule has 0 saturated heterocycles. The molecule has 0 fully saturated rings. The Kier molecular flexibility index (Phi) is 4.86. The Morgan fingerprint density at radius 3 is 2.50 bits per heavy atom. The Balaban J connectivity index is 3.26. The second-order valence-corrected chi connectivity index (χ2v) is 1.44. The molecule has 0 nitrogen and oxygen atoms in total. The zero-order valence-corrected chi connectivity index (χ0v) is 5.90. The van der Waals surface area contributed by atoms with Gasteiger partial charge in [-0.25, -0.2) is 0 Å². The Hall–Kier alpha value is -0.0777. The van der Waals surface area contributed by atoms with E-state index in [1.807, 2.05) is 0 Å². The first-order valence-electron chi connectivity index (χ1n) is 1.48. The second-order valence-electron chi connectivity index (χ2n) is 0.661. The van der Waals surface area contributed by atoms with E-state index in [0.717, 1.165) is 0 Å². The summed E-state index contributed by atoms with van der Waals surface area (Å²) in [5.41, 5.74) is 0. The Labute approximate surface area is 48.1 Å². The summed E-state index contributed by atoms with van der Waals surface area (Å²) in [6, 6.07) is 0. The summed E-state index contributed by atoms with van der Waals surface area (Å²) in [5, 5.41) is 0. The summed E-state index contributed by atoms with van der Waals surface area (Å²) >= 11 is 1.49. The van der Waals surface area contributed by atoms with Crippen molar-refractivity contribution in [3.8, 4) is 4.29 Å². The average molecular weight is 250 g/mol. The van der Waals surface area contributed by atoms with Crippen LogP contribution < -0.4 is 0 Å². The van der Waals surface area contributed by atoms with Crippen LogP contribution in [0.2, 0.25) is 0 Å². The quantitative estimate of drug-likeness (QED) is 0.482. The van der Waals surface area contributed by atoms with Crippen LogP contribution in [0, 0.1) is 10.9 Å². The van der Waals surface area contributed by atoms with Crippen LogP contribution in [0.5, 0.6) is 0 Å². The minimum atomic E-state index is 1.48. The molecule has 0 heterocycles. The van der Waals surface area contributed by atoms with E-state index < -0.39 is 0 Å². The van der Waals surface area contributed by atoms with Crippen molar-refractivity contribution in [3.05, 3.63) is 24.8 Å². The van der Waals surface area contributed by atoms with Crippen molar-refractivity contribution in [2.24, 2.45) is 0 Å². The molecule has 0 radical (unpaired) electrons. The van der Waals surface area contributed by atoms with Crippen LogP contribution in [0.1, 0.15) is 0 Å². The van der Waals surface area contributed by atoms with Gasteiger partial charge in [0.05, 0.1) is 0 Å². The van der Waals surface area contributed by atoms with Gasteiger partial charge < -0.3 is 0 Å². The molecule has 0 aliphatic carbocycles. The van der Waals surface area contributed by atoms with E-state index >= 15 is 0 Å². The van der Waals surface area contributed by atoms with E-state index in [1.54, 1.807) is 12.2 Å². The maximum atomic E-state index is 4.97. The summed E-state index contributed by atoms with van der Waals surface area (Å²) in [6.45, 7) is 4.97. The van der Waals surface area contributed by atoms with Gasteiger partial charge in [0.2, 0.25) is 0 Å². The number of hydrogen-bond donors (Lipinski definition) is 0. The number of rotatable bonds is 1.